The van der Waals surface area contributed by atoms with Crippen LogP contribution in [0.15, 0.2) is 36.5 Å². The van der Waals surface area contributed by atoms with Crippen LogP contribution in [-0.4, -0.2) is 43.7 Å². The van der Waals surface area contributed by atoms with Crippen LogP contribution >= 0.6 is 11.3 Å². The first-order chi connectivity index (χ1) is 10.5. The molecule has 1 aliphatic heterocycles. The van der Waals surface area contributed by atoms with Crippen LogP contribution in [0.25, 0.3) is 10.4 Å². The van der Waals surface area contributed by atoms with Gasteiger partial charge in [0.05, 0.1) is 17.7 Å². The molecule has 7 heteroatoms. The van der Waals surface area contributed by atoms with E-state index in [1.807, 2.05) is 24.4 Å². The highest BCUT2D eigenvalue weighted by atomic mass is 32.2. The van der Waals surface area contributed by atoms with E-state index in [4.69, 9.17) is 0 Å². The third kappa shape index (κ3) is 4.13. The maximum Gasteiger partial charge on any atom is 0.208 e. The van der Waals surface area contributed by atoms with Crippen molar-refractivity contribution in [3.63, 3.8) is 0 Å². The fourth-order valence-corrected chi connectivity index (χ4v) is 4.45. The van der Waals surface area contributed by atoms with Gasteiger partial charge in [0.15, 0.2) is 0 Å². The number of benzene rings is 1. The first-order valence-corrected chi connectivity index (χ1v) is 9.90. The average molecular weight is 337 g/mol. The lowest BCUT2D eigenvalue weighted by Gasteiger charge is -2.14. The summed E-state index contributed by atoms with van der Waals surface area (Å²) in [4.78, 5) is 7.91. The molecule has 1 aromatic heterocycles. The minimum absolute atomic E-state index is 0.0172. The predicted molar refractivity (Wildman–Crippen MR) is 89.2 cm³/mol. The Morgan fingerprint density at radius 3 is 2.86 bits per heavy atom. The molecule has 1 aliphatic rings. The minimum Gasteiger partial charge on any atom is -0.295 e. The highest BCUT2D eigenvalue weighted by Crippen LogP contribution is 2.27. The van der Waals surface area contributed by atoms with Crippen molar-refractivity contribution in [2.45, 2.75) is 19.0 Å². The molecule has 0 aliphatic carbocycles. The molecule has 1 aromatic carbocycles. The fraction of sp³-hybridized carbons (Fsp3) is 0.400. The Bertz CT molecular complexity index is 728. The number of rotatable bonds is 5. The predicted octanol–water partition coefficient (Wildman–Crippen LogP) is 1.93. The maximum atomic E-state index is 11.3. The number of hydrogen-bond acceptors (Lipinski definition) is 5. The van der Waals surface area contributed by atoms with Crippen molar-refractivity contribution >= 4 is 21.4 Å². The quantitative estimate of drug-likeness (QED) is 0.906. The zero-order chi connectivity index (χ0) is 15.6. The molecule has 5 nitrogen and oxygen atoms in total. The number of nitrogens with one attached hydrogen (secondary N) is 1. The Kier molecular flexibility index (Phi) is 4.58. The second-order valence-electron chi connectivity index (χ2n) is 5.60. The van der Waals surface area contributed by atoms with E-state index in [9.17, 15) is 8.42 Å². The summed E-state index contributed by atoms with van der Waals surface area (Å²) in [5.41, 5.74) is 1.18. The first kappa shape index (κ1) is 15.6. The van der Waals surface area contributed by atoms with Crippen LogP contribution in [0.4, 0.5) is 0 Å². The highest BCUT2D eigenvalue weighted by Gasteiger charge is 2.25. The molecule has 1 atom stereocenters. The molecule has 0 bridgehead atoms. The normalized spacial score (nSPS) is 19.6. The van der Waals surface area contributed by atoms with Gasteiger partial charge in [-0.25, -0.2) is 18.1 Å². The van der Waals surface area contributed by atoms with Crippen molar-refractivity contribution in [3.8, 4) is 10.4 Å². The maximum absolute atomic E-state index is 11.3. The van der Waals surface area contributed by atoms with Gasteiger partial charge in [-0.15, -0.1) is 11.3 Å². The zero-order valence-electron chi connectivity index (χ0n) is 12.4. The van der Waals surface area contributed by atoms with Crippen LogP contribution in [0.1, 0.15) is 11.4 Å². The van der Waals surface area contributed by atoms with Gasteiger partial charge in [-0.1, -0.05) is 30.3 Å². The molecule has 2 aromatic rings. The number of sulfonamides is 1. The van der Waals surface area contributed by atoms with Crippen molar-refractivity contribution in [1.82, 2.24) is 14.6 Å². The Labute approximate surface area is 135 Å². The standard InChI is InChI=1S/C15H19N3O2S2/c1-22(19,20)17-13-7-8-18(10-13)11-15-16-9-14(21-15)12-5-3-2-4-6-12/h2-6,9,13,17H,7-8,10-11H2,1H3/t13-/m0/s1. The van der Waals surface area contributed by atoms with Crippen molar-refractivity contribution in [1.29, 1.82) is 0 Å². The number of hydrogen-bond donors (Lipinski definition) is 1. The number of nitrogens with zero attached hydrogens (tertiary/aromatic N) is 2. The number of likely N-dealkylation sites (tertiary alicyclic amines) is 1. The van der Waals surface area contributed by atoms with Gasteiger partial charge in [0.1, 0.15) is 5.01 Å². The summed E-state index contributed by atoms with van der Waals surface area (Å²) >= 11 is 1.70. The summed E-state index contributed by atoms with van der Waals surface area (Å²) in [5, 5.41) is 1.07. The summed E-state index contributed by atoms with van der Waals surface area (Å²) in [6, 6.07) is 10.2. The summed E-state index contributed by atoms with van der Waals surface area (Å²) in [5.74, 6) is 0. The largest absolute Gasteiger partial charge is 0.295 e. The van der Waals surface area contributed by atoms with Gasteiger partial charge in [0.25, 0.3) is 0 Å². The highest BCUT2D eigenvalue weighted by molar-refractivity contribution is 7.88. The molecule has 3 rings (SSSR count). The van der Waals surface area contributed by atoms with E-state index < -0.39 is 10.0 Å². The molecule has 0 spiro atoms. The molecule has 1 fully saturated rings. The van der Waals surface area contributed by atoms with E-state index >= 15 is 0 Å². The van der Waals surface area contributed by atoms with E-state index in [-0.39, 0.29) is 6.04 Å². The second-order valence-corrected chi connectivity index (χ2v) is 8.49. The van der Waals surface area contributed by atoms with Gasteiger partial charge in [-0.2, -0.15) is 0 Å². The van der Waals surface area contributed by atoms with Gasteiger partial charge < -0.3 is 0 Å². The van der Waals surface area contributed by atoms with Crippen molar-refractivity contribution < 1.29 is 8.42 Å². The van der Waals surface area contributed by atoms with Gasteiger partial charge in [0, 0.05) is 25.3 Å². The van der Waals surface area contributed by atoms with E-state index in [2.05, 4.69) is 26.7 Å². The molecule has 0 amide bonds. The molecule has 1 N–H and O–H groups in total. The fourth-order valence-electron chi connectivity index (χ4n) is 2.69. The van der Waals surface area contributed by atoms with Crippen LogP contribution in [0.5, 0.6) is 0 Å². The summed E-state index contributed by atoms with van der Waals surface area (Å²) in [6.07, 6.45) is 3.98. The van der Waals surface area contributed by atoms with E-state index in [0.29, 0.717) is 0 Å². The molecule has 0 unspecified atom stereocenters. The second kappa shape index (κ2) is 6.45. The molecule has 2 heterocycles. The number of aromatic nitrogens is 1. The van der Waals surface area contributed by atoms with Crippen LogP contribution in [0.2, 0.25) is 0 Å². The van der Waals surface area contributed by atoms with Gasteiger partial charge >= 0.3 is 0 Å². The third-order valence-electron chi connectivity index (χ3n) is 3.62. The van der Waals surface area contributed by atoms with E-state index in [1.54, 1.807) is 11.3 Å². The number of thiazole rings is 1. The molecule has 118 valence electrons. The van der Waals surface area contributed by atoms with Crippen LogP contribution < -0.4 is 4.72 Å². The molecule has 1 saturated heterocycles. The van der Waals surface area contributed by atoms with E-state index in [0.717, 1.165) is 31.1 Å². The van der Waals surface area contributed by atoms with Crippen LogP contribution in [-0.2, 0) is 16.6 Å². The Morgan fingerprint density at radius 1 is 1.36 bits per heavy atom. The van der Waals surface area contributed by atoms with Gasteiger partial charge in [-0.05, 0) is 12.0 Å². The zero-order valence-corrected chi connectivity index (χ0v) is 14.0. The molecular formula is C15H19N3O2S2. The van der Waals surface area contributed by atoms with Crippen molar-refractivity contribution in [2.75, 3.05) is 19.3 Å². The minimum atomic E-state index is -3.13. The van der Waals surface area contributed by atoms with Crippen LogP contribution in [0, 0.1) is 0 Å². The van der Waals surface area contributed by atoms with Crippen molar-refractivity contribution in [2.24, 2.45) is 0 Å². The SMILES string of the molecule is CS(=O)(=O)N[C@H]1CCN(Cc2ncc(-c3ccccc3)s2)C1. The average Bonchev–Trinajstić information content (AvgIpc) is 3.08. The van der Waals surface area contributed by atoms with E-state index in [1.165, 1.54) is 16.7 Å². The molecular weight excluding hydrogens is 318 g/mol. The molecule has 22 heavy (non-hydrogen) atoms. The summed E-state index contributed by atoms with van der Waals surface area (Å²) < 4.78 is 25.2. The Hall–Kier alpha value is -1.28. The first-order valence-electron chi connectivity index (χ1n) is 7.19. The van der Waals surface area contributed by atoms with Gasteiger partial charge in [0.2, 0.25) is 10.0 Å². The Morgan fingerprint density at radius 2 is 2.14 bits per heavy atom. The van der Waals surface area contributed by atoms with Gasteiger partial charge in [-0.3, -0.25) is 4.90 Å². The third-order valence-corrected chi connectivity index (χ3v) is 5.42. The summed E-state index contributed by atoms with van der Waals surface area (Å²) in [7, 11) is -3.13. The molecule has 0 radical (unpaired) electrons. The lowest BCUT2D eigenvalue weighted by molar-refractivity contribution is 0.324. The lowest BCUT2D eigenvalue weighted by atomic mass is 10.2. The monoisotopic (exact) mass is 337 g/mol. The molecule has 0 saturated carbocycles. The van der Waals surface area contributed by atoms with Crippen LogP contribution in [0.3, 0.4) is 0 Å². The van der Waals surface area contributed by atoms with Crippen molar-refractivity contribution in [3.05, 3.63) is 41.5 Å². The summed E-state index contributed by atoms with van der Waals surface area (Å²) in [6.45, 7) is 2.42. The lowest BCUT2D eigenvalue weighted by Crippen LogP contribution is -2.36. The Balaban J connectivity index is 1.60. The topological polar surface area (TPSA) is 62.3 Å². The smallest absolute Gasteiger partial charge is 0.208 e.